The minimum atomic E-state index is -0.00571. The molecule has 4 nitrogen and oxygen atoms in total. The van der Waals surface area contributed by atoms with Gasteiger partial charge in [0.25, 0.3) is 0 Å². The van der Waals surface area contributed by atoms with Gasteiger partial charge < -0.3 is 10.2 Å². The summed E-state index contributed by atoms with van der Waals surface area (Å²) in [6, 6.07) is 8.22. The number of thiazole rings is 1. The lowest BCUT2D eigenvalue weighted by atomic mass is 10.1. The lowest BCUT2D eigenvalue weighted by Gasteiger charge is -2.12. The summed E-state index contributed by atoms with van der Waals surface area (Å²) in [5, 5.41) is 6.05. The van der Waals surface area contributed by atoms with Crippen LogP contribution in [0.1, 0.15) is 25.3 Å². The van der Waals surface area contributed by atoms with Crippen molar-refractivity contribution in [3.8, 4) is 11.3 Å². The van der Waals surface area contributed by atoms with Crippen molar-refractivity contribution in [3.05, 3.63) is 35.2 Å². The zero-order chi connectivity index (χ0) is 14.7. The molecule has 0 spiro atoms. The highest BCUT2D eigenvalue weighted by atomic mass is 32.1. The average Bonchev–Trinajstić information content (AvgIpc) is 3.16. The van der Waals surface area contributed by atoms with Crippen molar-refractivity contribution in [3.63, 3.8) is 0 Å². The Morgan fingerprint density at radius 2 is 2.00 bits per heavy atom. The number of aromatic nitrogens is 1. The van der Waals surface area contributed by atoms with Crippen LogP contribution in [-0.2, 0) is 11.3 Å². The van der Waals surface area contributed by atoms with Crippen molar-refractivity contribution in [2.45, 2.75) is 26.3 Å². The van der Waals surface area contributed by atoms with Gasteiger partial charge in [0.1, 0.15) is 0 Å². The van der Waals surface area contributed by atoms with Crippen LogP contribution >= 0.6 is 11.3 Å². The Labute approximate surface area is 128 Å². The highest BCUT2D eigenvalue weighted by Gasteiger charge is 2.15. The van der Waals surface area contributed by atoms with E-state index in [1.165, 1.54) is 19.8 Å². The molecule has 0 unspecified atom stereocenters. The summed E-state index contributed by atoms with van der Waals surface area (Å²) in [6.45, 7) is 4.36. The number of anilines is 1. The first-order chi connectivity index (χ1) is 10.2. The molecule has 2 heterocycles. The number of nitrogens with zero attached hydrogens (tertiary/aromatic N) is 2. The molecule has 0 bridgehead atoms. The Balaban J connectivity index is 1.70. The van der Waals surface area contributed by atoms with Crippen LogP contribution in [0.25, 0.3) is 11.3 Å². The van der Waals surface area contributed by atoms with Crippen molar-refractivity contribution < 1.29 is 4.79 Å². The summed E-state index contributed by atoms with van der Waals surface area (Å²) in [5.41, 5.74) is 3.26. The Kier molecular flexibility index (Phi) is 4.20. The van der Waals surface area contributed by atoms with Crippen LogP contribution in [0.5, 0.6) is 0 Å². The first-order valence-electron chi connectivity index (χ1n) is 7.26. The Hall–Kier alpha value is -1.88. The molecule has 1 aliphatic rings. The van der Waals surface area contributed by atoms with Crippen LogP contribution in [0.3, 0.4) is 0 Å². The number of hydrogen-bond acceptors (Lipinski definition) is 4. The second kappa shape index (κ2) is 6.26. The van der Waals surface area contributed by atoms with Crippen LogP contribution in [0, 0.1) is 0 Å². The van der Waals surface area contributed by atoms with E-state index in [-0.39, 0.29) is 5.91 Å². The predicted molar refractivity (Wildman–Crippen MR) is 86.5 cm³/mol. The van der Waals surface area contributed by atoms with Crippen LogP contribution in [0.4, 0.5) is 5.13 Å². The van der Waals surface area contributed by atoms with E-state index in [0.29, 0.717) is 6.54 Å². The monoisotopic (exact) mass is 301 g/mol. The molecule has 1 aromatic heterocycles. The van der Waals surface area contributed by atoms with E-state index in [0.717, 1.165) is 35.0 Å². The lowest BCUT2D eigenvalue weighted by Crippen LogP contribution is -2.18. The van der Waals surface area contributed by atoms with Gasteiger partial charge in [-0.2, -0.15) is 0 Å². The van der Waals surface area contributed by atoms with Crippen molar-refractivity contribution in [2.24, 2.45) is 0 Å². The SMILES string of the molecule is CC(=O)NCc1ccc(-c2csc(N3CCCC3)n2)cc1. The number of carbonyl (C=O) groups is 1. The quantitative estimate of drug-likeness (QED) is 0.944. The van der Waals surface area contributed by atoms with Gasteiger partial charge in [-0.25, -0.2) is 4.98 Å². The van der Waals surface area contributed by atoms with Gasteiger partial charge >= 0.3 is 0 Å². The second-order valence-electron chi connectivity index (χ2n) is 5.32. The molecule has 110 valence electrons. The molecule has 21 heavy (non-hydrogen) atoms. The van der Waals surface area contributed by atoms with Crippen LogP contribution in [0.15, 0.2) is 29.6 Å². The summed E-state index contributed by atoms with van der Waals surface area (Å²) < 4.78 is 0. The smallest absolute Gasteiger partial charge is 0.217 e. The highest BCUT2D eigenvalue weighted by Crippen LogP contribution is 2.29. The first kappa shape index (κ1) is 14.1. The molecular formula is C16H19N3OS. The van der Waals surface area contributed by atoms with Gasteiger partial charge in [-0.15, -0.1) is 11.3 Å². The van der Waals surface area contributed by atoms with Gasteiger partial charge in [-0.05, 0) is 18.4 Å². The zero-order valence-corrected chi connectivity index (χ0v) is 12.9. The fourth-order valence-corrected chi connectivity index (χ4v) is 3.36. The van der Waals surface area contributed by atoms with E-state index in [4.69, 9.17) is 4.98 Å². The third kappa shape index (κ3) is 3.42. The summed E-state index contributed by atoms with van der Waals surface area (Å²) in [5.74, 6) is -0.00571. The van der Waals surface area contributed by atoms with Crippen LogP contribution in [0.2, 0.25) is 0 Å². The summed E-state index contributed by atoms with van der Waals surface area (Å²) in [7, 11) is 0. The van der Waals surface area contributed by atoms with Crippen molar-refractivity contribution in [2.75, 3.05) is 18.0 Å². The maximum Gasteiger partial charge on any atom is 0.217 e. The largest absolute Gasteiger partial charge is 0.352 e. The molecule has 1 amide bonds. The number of rotatable bonds is 4. The number of carbonyl (C=O) groups excluding carboxylic acids is 1. The van der Waals surface area contributed by atoms with Crippen LogP contribution < -0.4 is 10.2 Å². The molecule has 0 saturated carbocycles. The fraction of sp³-hybridized carbons (Fsp3) is 0.375. The molecular weight excluding hydrogens is 282 g/mol. The fourth-order valence-electron chi connectivity index (χ4n) is 2.47. The molecule has 3 rings (SSSR count). The first-order valence-corrected chi connectivity index (χ1v) is 8.14. The standard InChI is InChI=1S/C16H19N3OS/c1-12(20)17-10-13-4-6-14(7-5-13)15-11-21-16(18-15)19-8-2-3-9-19/h4-7,11H,2-3,8-10H2,1H3,(H,17,20). The Morgan fingerprint density at radius 3 is 2.67 bits per heavy atom. The van der Waals surface area contributed by atoms with Gasteiger partial charge in [0.15, 0.2) is 5.13 Å². The maximum absolute atomic E-state index is 10.9. The van der Waals surface area contributed by atoms with Gasteiger partial charge in [0.05, 0.1) is 5.69 Å². The van der Waals surface area contributed by atoms with E-state index in [1.54, 1.807) is 11.3 Å². The van der Waals surface area contributed by atoms with Crippen molar-refractivity contribution in [1.29, 1.82) is 0 Å². The summed E-state index contributed by atoms with van der Waals surface area (Å²) in [6.07, 6.45) is 2.54. The molecule has 1 aromatic carbocycles. The number of nitrogens with one attached hydrogen (secondary N) is 1. The molecule has 0 radical (unpaired) electrons. The topological polar surface area (TPSA) is 45.2 Å². The number of amides is 1. The van der Waals surface area contributed by atoms with Crippen LogP contribution in [-0.4, -0.2) is 24.0 Å². The molecule has 1 fully saturated rings. The molecule has 1 N–H and O–H groups in total. The minimum absolute atomic E-state index is 0.00571. The normalized spacial score (nSPS) is 14.4. The second-order valence-corrected chi connectivity index (χ2v) is 6.15. The molecule has 5 heteroatoms. The minimum Gasteiger partial charge on any atom is -0.352 e. The number of hydrogen-bond donors (Lipinski definition) is 1. The van der Waals surface area contributed by atoms with E-state index in [1.807, 2.05) is 12.1 Å². The third-order valence-electron chi connectivity index (χ3n) is 3.66. The van der Waals surface area contributed by atoms with Crippen molar-refractivity contribution >= 4 is 22.4 Å². The highest BCUT2D eigenvalue weighted by molar-refractivity contribution is 7.14. The van der Waals surface area contributed by atoms with Gasteiger partial charge in [-0.3, -0.25) is 4.79 Å². The molecule has 0 aliphatic carbocycles. The van der Waals surface area contributed by atoms with E-state index in [2.05, 4.69) is 27.7 Å². The molecule has 1 saturated heterocycles. The van der Waals surface area contributed by atoms with E-state index < -0.39 is 0 Å². The summed E-state index contributed by atoms with van der Waals surface area (Å²) >= 11 is 1.72. The Morgan fingerprint density at radius 1 is 1.29 bits per heavy atom. The molecule has 2 aromatic rings. The predicted octanol–water partition coefficient (Wildman–Crippen LogP) is 3.05. The molecule has 0 atom stereocenters. The van der Waals surface area contributed by atoms with E-state index in [9.17, 15) is 4.79 Å². The van der Waals surface area contributed by atoms with Crippen molar-refractivity contribution in [1.82, 2.24) is 10.3 Å². The third-order valence-corrected chi connectivity index (χ3v) is 4.56. The zero-order valence-electron chi connectivity index (χ0n) is 12.1. The van der Waals surface area contributed by atoms with E-state index >= 15 is 0 Å². The average molecular weight is 301 g/mol. The van der Waals surface area contributed by atoms with Gasteiger partial charge in [0, 0.05) is 37.5 Å². The van der Waals surface area contributed by atoms with Gasteiger partial charge in [-0.1, -0.05) is 24.3 Å². The van der Waals surface area contributed by atoms with Gasteiger partial charge in [0.2, 0.25) is 5.91 Å². The Bertz CT molecular complexity index is 615. The number of benzene rings is 1. The molecule has 1 aliphatic heterocycles. The summed E-state index contributed by atoms with van der Waals surface area (Å²) in [4.78, 5) is 18.0. The lowest BCUT2D eigenvalue weighted by molar-refractivity contribution is -0.119. The maximum atomic E-state index is 10.9.